The van der Waals surface area contributed by atoms with E-state index in [4.69, 9.17) is 9.84 Å². The molecular weight excluding hydrogens is 182 g/mol. The maximum Gasteiger partial charge on any atom is 0.409 e. The molecule has 0 atom stereocenters. The molecule has 0 bridgehead atoms. The molecule has 0 saturated heterocycles. The van der Waals surface area contributed by atoms with Gasteiger partial charge in [0.15, 0.2) is 0 Å². The first kappa shape index (κ1) is 10.4. The molecule has 1 rings (SSSR count). The van der Waals surface area contributed by atoms with Gasteiger partial charge in [-0.25, -0.2) is 4.79 Å². The number of carbonyl (C=O) groups is 1. The molecule has 0 spiro atoms. The monoisotopic (exact) mass is 195 g/mol. The standard InChI is InChI=1S/C10H13NO3/c1-2-7-14-9-5-3-8(4-6-9)11-10(12)13/h3-6,11H,2,7H2,1H3,(H,12,13). The van der Waals surface area contributed by atoms with E-state index in [-0.39, 0.29) is 0 Å². The fourth-order valence-corrected chi connectivity index (χ4v) is 0.978. The number of nitrogens with one attached hydrogen (secondary N) is 1. The second-order valence-electron chi connectivity index (χ2n) is 2.80. The number of carboxylic acid groups (broad SMARTS) is 1. The Morgan fingerprint density at radius 1 is 1.43 bits per heavy atom. The Hall–Kier alpha value is -1.71. The zero-order chi connectivity index (χ0) is 10.4. The SMILES string of the molecule is CCCOc1ccc(NC(=O)O)cc1. The lowest BCUT2D eigenvalue weighted by atomic mass is 10.3. The minimum absolute atomic E-state index is 0.543. The second-order valence-corrected chi connectivity index (χ2v) is 2.80. The van der Waals surface area contributed by atoms with Crippen LogP contribution >= 0.6 is 0 Å². The highest BCUT2D eigenvalue weighted by molar-refractivity contribution is 5.82. The molecule has 76 valence electrons. The van der Waals surface area contributed by atoms with Crippen LogP contribution < -0.4 is 10.1 Å². The highest BCUT2D eigenvalue weighted by Crippen LogP contribution is 2.15. The zero-order valence-corrected chi connectivity index (χ0v) is 7.99. The topological polar surface area (TPSA) is 58.6 Å². The van der Waals surface area contributed by atoms with Gasteiger partial charge in [0, 0.05) is 5.69 Å². The molecule has 0 aliphatic rings. The number of benzene rings is 1. The third kappa shape index (κ3) is 3.35. The molecule has 0 radical (unpaired) electrons. The Balaban J connectivity index is 2.54. The van der Waals surface area contributed by atoms with Gasteiger partial charge in [-0.2, -0.15) is 0 Å². The van der Waals surface area contributed by atoms with Gasteiger partial charge >= 0.3 is 6.09 Å². The number of rotatable bonds is 4. The fourth-order valence-electron chi connectivity index (χ4n) is 0.978. The molecule has 0 fully saturated rings. The van der Waals surface area contributed by atoms with Crippen molar-refractivity contribution >= 4 is 11.8 Å². The molecule has 0 aromatic heterocycles. The summed E-state index contributed by atoms with van der Waals surface area (Å²) in [7, 11) is 0. The van der Waals surface area contributed by atoms with Crippen molar-refractivity contribution < 1.29 is 14.6 Å². The van der Waals surface area contributed by atoms with Gasteiger partial charge in [0.05, 0.1) is 6.61 Å². The molecule has 2 N–H and O–H groups in total. The summed E-state index contributed by atoms with van der Waals surface area (Å²) in [5.41, 5.74) is 0.543. The first-order valence-corrected chi connectivity index (χ1v) is 4.45. The smallest absolute Gasteiger partial charge is 0.409 e. The number of amides is 1. The van der Waals surface area contributed by atoms with E-state index in [0.29, 0.717) is 12.3 Å². The summed E-state index contributed by atoms with van der Waals surface area (Å²) in [6.07, 6.45) is -0.109. The van der Waals surface area contributed by atoms with E-state index in [1.165, 1.54) is 0 Å². The molecule has 1 aromatic rings. The highest BCUT2D eigenvalue weighted by atomic mass is 16.5. The Morgan fingerprint density at radius 2 is 2.07 bits per heavy atom. The summed E-state index contributed by atoms with van der Waals surface area (Å²) in [5.74, 6) is 0.753. The Labute approximate surface area is 82.5 Å². The molecule has 4 heteroatoms. The van der Waals surface area contributed by atoms with Crippen molar-refractivity contribution in [2.24, 2.45) is 0 Å². The minimum Gasteiger partial charge on any atom is -0.494 e. The van der Waals surface area contributed by atoms with Gasteiger partial charge in [-0.1, -0.05) is 6.92 Å². The van der Waals surface area contributed by atoms with Crippen molar-refractivity contribution in [1.82, 2.24) is 0 Å². The molecule has 1 aromatic carbocycles. The van der Waals surface area contributed by atoms with Gasteiger partial charge in [-0.05, 0) is 30.7 Å². The molecular formula is C10H13NO3. The van der Waals surface area contributed by atoms with Crippen LogP contribution in [0.2, 0.25) is 0 Å². The van der Waals surface area contributed by atoms with Crippen LogP contribution in [0.15, 0.2) is 24.3 Å². The maximum absolute atomic E-state index is 10.3. The zero-order valence-electron chi connectivity index (χ0n) is 7.99. The van der Waals surface area contributed by atoms with Crippen LogP contribution in [0.25, 0.3) is 0 Å². The average Bonchev–Trinajstić information content (AvgIpc) is 2.16. The molecule has 0 saturated carbocycles. The molecule has 1 amide bonds. The molecule has 0 aliphatic heterocycles. The van der Waals surface area contributed by atoms with Crippen molar-refractivity contribution in [3.63, 3.8) is 0 Å². The van der Waals surface area contributed by atoms with Crippen molar-refractivity contribution in [2.45, 2.75) is 13.3 Å². The lowest BCUT2D eigenvalue weighted by molar-refractivity contribution is 0.209. The molecule has 14 heavy (non-hydrogen) atoms. The lowest BCUT2D eigenvalue weighted by Gasteiger charge is -2.05. The number of hydrogen-bond acceptors (Lipinski definition) is 2. The molecule has 0 heterocycles. The van der Waals surface area contributed by atoms with Crippen LogP contribution in [0.5, 0.6) is 5.75 Å². The van der Waals surface area contributed by atoms with Crippen LogP contribution in [-0.2, 0) is 0 Å². The average molecular weight is 195 g/mol. The van der Waals surface area contributed by atoms with Gasteiger partial charge < -0.3 is 9.84 Å². The van der Waals surface area contributed by atoms with E-state index in [9.17, 15) is 4.79 Å². The summed E-state index contributed by atoms with van der Waals surface area (Å²) < 4.78 is 5.34. The van der Waals surface area contributed by atoms with Gasteiger partial charge in [0.1, 0.15) is 5.75 Å². The number of hydrogen-bond donors (Lipinski definition) is 2. The van der Waals surface area contributed by atoms with E-state index >= 15 is 0 Å². The quantitative estimate of drug-likeness (QED) is 0.776. The fraction of sp³-hybridized carbons (Fsp3) is 0.300. The van der Waals surface area contributed by atoms with Crippen LogP contribution in [0, 0.1) is 0 Å². The normalized spacial score (nSPS) is 9.50. The van der Waals surface area contributed by atoms with Crippen LogP contribution in [0.3, 0.4) is 0 Å². The summed E-state index contributed by atoms with van der Waals surface area (Å²) in [5, 5.41) is 10.7. The van der Waals surface area contributed by atoms with E-state index < -0.39 is 6.09 Å². The van der Waals surface area contributed by atoms with E-state index in [1.807, 2.05) is 6.92 Å². The minimum atomic E-state index is -1.06. The summed E-state index contributed by atoms with van der Waals surface area (Å²) >= 11 is 0. The van der Waals surface area contributed by atoms with Crippen molar-refractivity contribution in [3.8, 4) is 5.75 Å². The Bertz CT molecular complexity index is 295. The van der Waals surface area contributed by atoms with Crippen LogP contribution in [0.1, 0.15) is 13.3 Å². The third-order valence-corrected chi connectivity index (χ3v) is 1.58. The predicted octanol–water partition coefficient (Wildman–Crippen LogP) is 2.57. The van der Waals surface area contributed by atoms with Crippen molar-refractivity contribution in [3.05, 3.63) is 24.3 Å². The lowest BCUT2D eigenvalue weighted by Crippen LogP contribution is -2.06. The summed E-state index contributed by atoms with van der Waals surface area (Å²) in [6, 6.07) is 6.81. The first-order valence-electron chi connectivity index (χ1n) is 4.45. The Kier molecular flexibility index (Phi) is 3.79. The Morgan fingerprint density at radius 3 is 2.57 bits per heavy atom. The largest absolute Gasteiger partial charge is 0.494 e. The van der Waals surface area contributed by atoms with E-state index in [2.05, 4.69) is 5.32 Å². The van der Waals surface area contributed by atoms with Crippen molar-refractivity contribution in [2.75, 3.05) is 11.9 Å². The highest BCUT2D eigenvalue weighted by Gasteiger charge is 1.97. The van der Waals surface area contributed by atoms with Gasteiger partial charge in [0.2, 0.25) is 0 Å². The third-order valence-electron chi connectivity index (χ3n) is 1.58. The van der Waals surface area contributed by atoms with E-state index in [0.717, 1.165) is 12.2 Å². The van der Waals surface area contributed by atoms with Gasteiger partial charge in [-0.3, -0.25) is 5.32 Å². The maximum atomic E-state index is 10.3. The summed E-state index contributed by atoms with van der Waals surface area (Å²) in [6.45, 7) is 2.70. The number of ether oxygens (including phenoxy) is 1. The van der Waals surface area contributed by atoms with Gasteiger partial charge in [0.25, 0.3) is 0 Å². The van der Waals surface area contributed by atoms with Crippen LogP contribution in [-0.4, -0.2) is 17.8 Å². The molecule has 4 nitrogen and oxygen atoms in total. The predicted molar refractivity (Wildman–Crippen MR) is 53.9 cm³/mol. The number of anilines is 1. The second kappa shape index (κ2) is 5.11. The van der Waals surface area contributed by atoms with E-state index in [1.54, 1.807) is 24.3 Å². The van der Waals surface area contributed by atoms with Crippen LogP contribution in [0.4, 0.5) is 10.5 Å². The molecule has 0 aliphatic carbocycles. The van der Waals surface area contributed by atoms with Gasteiger partial charge in [-0.15, -0.1) is 0 Å². The van der Waals surface area contributed by atoms with Crippen molar-refractivity contribution in [1.29, 1.82) is 0 Å². The molecule has 0 unspecified atom stereocenters. The first-order chi connectivity index (χ1) is 6.72. The summed E-state index contributed by atoms with van der Waals surface area (Å²) in [4.78, 5) is 10.3.